The van der Waals surface area contributed by atoms with Crippen molar-refractivity contribution < 1.29 is 49.9 Å². The summed E-state index contributed by atoms with van der Waals surface area (Å²) in [5.74, 6) is -3.54. The molecule has 0 aromatic rings. The lowest BCUT2D eigenvalue weighted by atomic mass is 10.2. The number of hydrogen-bond acceptors (Lipinski definition) is 9. The van der Waals surface area contributed by atoms with Gasteiger partial charge in [0.15, 0.2) is 12.2 Å². The van der Waals surface area contributed by atoms with Crippen LogP contribution in [0.4, 0.5) is 0 Å². The average molecular weight is 287 g/mol. The van der Waals surface area contributed by atoms with Crippen LogP contribution in [-0.4, -0.2) is 81.2 Å². The fraction of sp³-hybridized carbons (Fsp3) is 0.750. The molecule has 7 N–H and O–H groups in total. The second kappa shape index (κ2) is 13.1. The molecule has 114 valence electrons. The molecule has 0 spiro atoms. The van der Waals surface area contributed by atoms with Gasteiger partial charge in [0.2, 0.25) is 0 Å². The summed E-state index contributed by atoms with van der Waals surface area (Å²) in [4.78, 5) is 28.4. The number of nitrogens with one attached hydrogen (secondary N) is 1. The van der Waals surface area contributed by atoms with E-state index in [1.807, 2.05) is 0 Å². The van der Waals surface area contributed by atoms with Crippen LogP contribution in [0, 0.1) is 0 Å². The molecule has 0 bridgehead atoms. The molecular weight excluding hydrogens is 270 g/mol. The Morgan fingerprint density at radius 1 is 0.895 bits per heavy atom. The smallest absolute Gasteiger partial charge is 0.335 e. The van der Waals surface area contributed by atoms with Gasteiger partial charge in [-0.2, -0.15) is 0 Å². The van der Waals surface area contributed by atoms with Crippen molar-refractivity contribution >= 4 is 11.9 Å². The van der Waals surface area contributed by atoms with Crippen LogP contribution in [0.5, 0.6) is 0 Å². The second-order valence-corrected chi connectivity index (χ2v) is 2.79. The largest absolute Gasteiger partial charge is 0.479 e. The molecule has 0 aromatic heterocycles. The van der Waals surface area contributed by atoms with Crippen LogP contribution < -0.4 is 5.64 Å². The minimum Gasteiger partial charge on any atom is -0.479 e. The third-order valence-corrected chi connectivity index (χ3v) is 1.31. The van der Waals surface area contributed by atoms with Crippen molar-refractivity contribution in [1.29, 1.82) is 0 Å². The molecule has 0 fully saturated rings. The van der Waals surface area contributed by atoms with Crippen LogP contribution in [0.25, 0.3) is 0 Å². The molecule has 0 aliphatic heterocycles. The molecular formula is C8H17NO10. The lowest BCUT2D eigenvalue weighted by Gasteiger charge is -2.07. The third-order valence-electron chi connectivity index (χ3n) is 1.31. The molecule has 0 radical (unpaired) electrons. The maximum Gasteiger partial charge on any atom is 0.335 e. The molecule has 2 unspecified atom stereocenters. The highest BCUT2D eigenvalue weighted by molar-refractivity contribution is 5.83. The van der Waals surface area contributed by atoms with E-state index in [0.29, 0.717) is 0 Å². The Balaban J connectivity index is 0. The van der Waals surface area contributed by atoms with Crippen LogP contribution in [-0.2, 0) is 19.3 Å². The lowest BCUT2D eigenvalue weighted by Crippen LogP contribution is -2.39. The predicted molar refractivity (Wildman–Crippen MR) is 56.5 cm³/mol. The number of rotatable bonds is 9. The minimum absolute atomic E-state index is 0.0600. The van der Waals surface area contributed by atoms with Gasteiger partial charge in [-0.1, -0.05) is 5.64 Å². The van der Waals surface area contributed by atoms with Gasteiger partial charge in [-0.25, -0.2) is 9.59 Å². The van der Waals surface area contributed by atoms with E-state index in [0.717, 1.165) is 0 Å². The molecule has 11 nitrogen and oxygen atoms in total. The van der Waals surface area contributed by atoms with Crippen LogP contribution in [0.15, 0.2) is 0 Å². The van der Waals surface area contributed by atoms with E-state index in [1.54, 1.807) is 0 Å². The summed E-state index contributed by atoms with van der Waals surface area (Å²) in [6.07, 6.45) is -4.53. The third kappa shape index (κ3) is 12.9. The van der Waals surface area contributed by atoms with Crippen molar-refractivity contribution in [1.82, 2.24) is 5.64 Å². The summed E-state index contributed by atoms with van der Waals surface area (Å²) in [7, 11) is 0. The van der Waals surface area contributed by atoms with Gasteiger partial charge in [0, 0.05) is 0 Å². The number of aliphatic carboxylic acids is 2. The first-order valence-electron chi connectivity index (χ1n) is 4.90. The second-order valence-electron chi connectivity index (χ2n) is 2.79. The molecule has 0 aliphatic rings. The highest BCUT2D eigenvalue weighted by Crippen LogP contribution is 1.92. The molecule has 11 heteroatoms. The van der Waals surface area contributed by atoms with Gasteiger partial charge in [-0.15, -0.1) is 0 Å². The molecule has 0 aromatic carbocycles. The number of carbonyl (C=O) groups is 2. The Morgan fingerprint density at radius 3 is 1.42 bits per heavy atom. The van der Waals surface area contributed by atoms with Crippen molar-refractivity contribution in [2.24, 2.45) is 0 Å². The van der Waals surface area contributed by atoms with E-state index in [1.165, 1.54) is 0 Å². The number of carboxylic acids is 2. The average Bonchev–Trinajstić information content (AvgIpc) is 2.37. The summed E-state index contributed by atoms with van der Waals surface area (Å²) in [6.45, 7) is 0.224. The predicted octanol–water partition coefficient (Wildman–Crippen LogP) is -3.70. The first-order chi connectivity index (χ1) is 8.88. The van der Waals surface area contributed by atoms with Gasteiger partial charge in [0.25, 0.3) is 0 Å². The highest BCUT2D eigenvalue weighted by atomic mass is 16.9. The van der Waals surface area contributed by atoms with Crippen LogP contribution in [0.2, 0.25) is 0 Å². The number of hydrogen-bond donors (Lipinski definition) is 7. The lowest BCUT2D eigenvalue weighted by molar-refractivity contribution is -0.178. The quantitative estimate of drug-likeness (QED) is 0.163. The van der Waals surface area contributed by atoms with E-state index in [4.69, 9.17) is 30.6 Å². The van der Waals surface area contributed by atoms with Gasteiger partial charge in [0.05, 0.1) is 26.4 Å². The van der Waals surface area contributed by atoms with Crippen molar-refractivity contribution in [3.05, 3.63) is 0 Å². The first-order valence-corrected chi connectivity index (χ1v) is 4.90. The Labute approximate surface area is 107 Å². The topological polar surface area (TPSA) is 186 Å². The van der Waals surface area contributed by atoms with Gasteiger partial charge in [0.1, 0.15) is 0 Å². The maximum absolute atomic E-state index is 9.77. The SMILES string of the molecule is O=C(O)C(O)C(O)C(=O)O.OCCONOCCO. The summed E-state index contributed by atoms with van der Waals surface area (Å²) in [6, 6.07) is 0. The van der Waals surface area contributed by atoms with Crippen molar-refractivity contribution in [2.75, 3.05) is 26.4 Å². The van der Waals surface area contributed by atoms with E-state index >= 15 is 0 Å². The van der Waals surface area contributed by atoms with Gasteiger partial charge >= 0.3 is 11.9 Å². The van der Waals surface area contributed by atoms with E-state index in [2.05, 4.69) is 15.3 Å². The van der Waals surface area contributed by atoms with Crippen LogP contribution in [0.1, 0.15) is 0 Å². The van der Waals surface area contributed by atoms with Crippen LogP contribution >= 0.6 is 0 Å². The standard InChI is InChI=1S/C4H11NO4.C4H6O6/c6-1-3-8-5-9-4-2-7;5-1(3(7)8)2(6)4(9)10/h5-7H,1-4H2;1-2,5-6H,(H,7,8)(H,9,10). The molecule has 0 rings (SSSR count). The van der Waals surface area contributed by atoms with E-state index < -0.39 is 24.1 Å². The summed E-state index contributed by atoms with van der Waals surface area (Å²) < 4.78 is 0. The first kappa shape index (κ1) is 20.0. The number of carboxylic acid groups (broad SMARTS) is 2. The molecule has 0 saturated heterocycles. The normalized spacial score (nSPS) is 13.1. The summed E-state index contributed by atoms with van der Waals surface area (Å²) in [5, 5.41) is 48.8. The Kier molecular flexibility index (Phi) is 13.8. The van der Waals surface area contributed by atoms with E-state index in [9.17, 15) is 9.59 Å². The summed E-state index contributed by atoms with van der Waals surface area (Å²) >= 11 is 0. The van der Waals surface area contributed by atoms with Crippen molar-refractivity contribution in [3.8, 4) is 0 Å². The van der Waals surface area contributed by atoms with Gasteiger partial charge in [-0.3, -0.25) is 9.68 Å². The molecule has 0 saturated carbocycles. The highest BCUT2D eigenvalue weighted by Gasteiger charge is 2.29. The Hall–Kier alpha value is -1.34. The minimum atomic E-state index is -2.27. The fourth-order valence-electron chi connectivity index (χ4n) is 0.486. The van der Waals surface area contributed by atoms with Gasteiger partial charge < -0.3 is 30.6 Å². The molecule has 19 heavy (non-hydrogen) atoms. The zero-order chi connectivity index (χ0) is 15.3. The fourth-order valence-corrected chi connectivity index (χ4v) is 0.486. The number of aliphatic hydroxyl groups is 4. The Morgan fingerprint density at radius 2 is 1.21 bits per heavy atom. The Bertz CT molecular complexity index is 224. The molecule has 0 aliphatic carbocycles. The van der Waals surface area contributed by atoms with Crippen LogP contribution in [0.3, 0.4) is 0 Å². The zero-order valence-corrected chi connectivity index (χ0v) is 9.80. The number of aliphatic hydroxyl groups excluding tert-OH is 4. The maximum atomic E-state index is 9.77. The molecule has 0 amide bonds. The van der Waals surface area contributed by atoms with E-state index in [-0.39, 0.29) is 26.4 Å². The van der Waals surface area contributed by atoms with Crippen molar-refractivity contribution in [2.45, 2.75) is 12.2 Å². The molecule has 0 heterocycles. The van der Waals surface area contributed by atoms with Gasteiger partial charge in [-0.05, 0) is 0 Å². The van der Waals surface area contributed by atoms with Crippen molar-refractivity contribution in [3.63, 3.8) is 0 Å². The zero-order valence-electron chi connectivity index (χ0n) is 9.80. The monoisotopic (exact) mass is 287 g/mol. The molecule has 2 atom stereocenters. The summed E-state index contributed by atoms with van der Waals surface area (Å²) in [5.41, 5.74) is 2.07.